The van der Waals surface area contributed by atoms with Crippen molar-refractivity contribution in [3.8, 4) is 5.75 Å². The lowest BCUT2D eigenvalue weighted by Gasteiger charge is -2.05. The topological polar surface area (TPSA) is 63.6 Å². The highest BCUT2D eigenvalue weighted by Gasteiger charge is 2.09. The highest BCUT2D eigenvalue weighted by molar-refractivity contribution is 5.91. The van der Waals surface area contributed by atoms with Gasteiger partial charge in [-0.2, -0.15) is 0 Å². The number of hydrogen-bond donors (Lipinski definition) is 1. The number of carbonyl (C=O) groups is 2. The minimum absolute atomic E-state index is 0.152. The summed E-state index contributed by atoms with van der Waals surface area (Å²) >= 11 is 0. The monoisotopic (exact) mass is 284 g/mol. The minimum Gasteiger partial charge on any atom is -0.478 e. The normalized spacial score (nSPS) is 10.1. The van der Waals surface area contributed by atoms with Crippen LogP contribution in [0.15, 0.2) is 48.5 Å². The smallest absolute Gasteiger partial charge is 0.343 e. The van der Waals surface area contributed by atoms with E-state index < -0.39 is 11.9 Å². The van der Waals surface area contributed by atoms with Gasteiger partial charge in [0.1, 0.15) is 5.75 Å². The first-order valence-electron chi connectivity index (χ1n) is 6.74. The summed E-state index contributed by atoms with van der Waals surface area (Å²) in [7, 11) is 0. The highest BCUT2D eigenvalue weighted by atomic mass is 16.5. The number of carboxylic acid groups (broad SMARTS) is 1. The van der Waals surface area contributed by atoms with E-state index in [-0.39, 0.29) is 5.56 Å². The Hall–Kier alpha value is -2.62. The number of aryl methyl sites for hydroxylation is 1. The quantitative estimate of drug-likeness (QED) is 0.673. The van der Waals surface area contributed by atoms with Crippen molar-refractivity contribution in [1.82, 2.24) is 0 Å². The zero-order chi connectivity index (χ0) is 15.2. The summed E-state index contributed by atoms with van der Waals surface area (Å²) in [4.78, 5) is 22.7. The maximum atomic E-state index is 12.0. The molecule has 2 rings (SSSR count). The molecule has 0 aliphatic rings. The summed E-state index contributed by atoms with van der Waals surface area (Å²) in [6, 6.07) is 13.0. The molecule has 0 heterocycles. The molecule has 0 aliphatic carbocycles. The summed E-state index contributed by atoms with van der Waals surface area (Å²) < 4.78 is 5.20. The van der Waals surface area contributed by atoms with E-state index >= 15 is 0 Å². The van der Waals surface area contributed by atoms with Crippen molar-refractivity contribution < 1.29 is 19.4 Å². The second kappa shape index (κ2) is 6.70. The van der Waals surface area contributed by atoms with Crippen LogP contribution in [0.5, 0.6) is 5.75 Å². The molecule has 0 radical (unpaired) electrons. The van der Waals surface area contributed by atoms with Crippen molar-refractivity contribution in [3.05, 3.63) is 65.2 Å². The molecule has 21 heavy (non-hydrogen) atoms. The van der Waals surface area contributed by atoms with Crippen LogP contribution in [0, 0.1) is 0 Å². The number of carbonyl (C=O) groups excluding carboxylic acids is 1. The van der Waals surface area contributed by atoms with E-state index in [0.717, 1.165) is 12.8 Å². The molecular weight excluding hydrogens is 268 g/mol. The van der Waals surface area contributed by atoms with Crippen molar-refractivity contribution in [1.29, 1.82) is 0 Å². The van der Waals surface area contributed by atoms with Crippen molar-refractivity contribution in [2.24, 2.45) is 0 Å². The molecule has 0 atom stereocenters. The molecule has 0 spiro atoms. The highest BCUT2D eigenvalue weighted by Crippen LogP contribution is 2.15. The first-order chi connectivity index (χ1) is 10.1. The molecule has 0 bridgehead atoms. The van der Waals surface area contributed by atoms with Gasteiger partial charge in [0, 0.05) is 0 Å². The van der Waals surface area contributed by atoms with Crippen LogP contribution < -0.4 is 4.74 Å². The Labute approximate surface area is 123 Å². The van der Waals surface area contributed by atoms with Crippen LogP contribution >= 0.6 is 0 Å². The van der Waals surface area contributed by atoms with Gasteiger partial charge in [-0.25, -0.2) is 9.59 Å². The Balaban J connectivity index is 2.05. The van der Waals surface area contributed by atoms with Gasteiger partial charge in [-0.15, -0.1) is 0 Å². The fraction of sp³-hybridized carbons (Fsp3) is 0.176. The van der Waals surface area contributed by atoms with Crippen molar-refractivity contribution in [3.63, 3.8) is 0 Å². The largest absolute Gasteiger partial charge is 0.478 e. The summed E-state index contributed by atoms with van der Waals surface area (Å²) in [6.07, 6.45) is 2.03. The molecule has 0 unspecified atom stereocenters. The Morgan fingerprint density at radius 2 is 1.52 bits per heavy atom. The molecule has 0 aromatic heterocycles. The maximum absolute atomic E-state index is 12.0. The average molecular weight is 284 g/mol. The van der Waals surface area contributed by atoms with Crippen molar-refractivity contribution in [2.75, 3.05) is 0 Å². The van der Waals surface area contributed by atoms with Gasteiger partial charge >= 0.3 is 11.9 Å². The van der Waals surface area contributed by atoms with E-state index in [1.54, 1.807) is 12.1 Å². The summed E-state index contributed by atoms with van der Waals surface area (Å²) in [6.45, 7) is 2.10. The van der Waals surface area contributed by atoms with Crippen LogP contribution in [0.1, 0.15) is 39.6 Å². The molecule has 0 saturated carbocycles. The van der Waals surface area contributed by atoms with Gasteiger partial charge in [0.25, 0.3) is 0 Å². The number of rotatable bonds is 5. The van der Waals surface area contributed by atoms with Gasteiger partial charge in [0.2, 0.25) is 0 Å². The van der Waals surface area contributed by atoms with Crippen LogP contribution in [0.3, 0.4) is 0 Å². The number of hydrogen-bond acceptors (Lipinski definition) is 3. The Kier molecular flexibility index (Phi) is 4.72. The van der Waals surface area contributed by atoms with E-state index in [1.807, 2.05) is 12.1 Å². The lowest BCUT2D eigenvalue weighted by Crippen LogP contribution is -2.08. The third kappa shape index (κ3) is 3.92. The lowest BCUT2D eigenvalue weighted by atomic mass is 10.1. The number of aromatic carboxylic acids is 1. The predicted octanol–water partition coefficient (Wildman–Crippen LogP) is 3.56. The fourth-order valence-electron chi connectivity index (χ4n) is 1.93. The van der Waals surface area contributed by atoms with Gasteiger partial charge < -0.3 is 9.84 Å². The first-order valence-corrected chi connectivity index (χ1v) is 6.74. The van der Waals surface area contributed by atoms with Crippen molar-refractivity contribution >= 4 is 11.9 Å². The van der Waals surface area contributed by atoms with Crippen LogP contribution in [0.4, 0.5) is 0 Å². The molecule has 1 N–H and O–H groups in total. The zero-order valence-corrected chi connectivity index (χ0v) is 11.7. The summed E-state index contributed by atoms with van der Waals surface area (Å²) in [5.41, 5.74) is 1.80. The van der Waals surface area contributed by atoms with Gasteiger partial charge in [-0.3, -0.25) is 0 Å². The number of carboxylic acids is 1. The fourth-order valence-corrected chi connectivity index (χ4v) is 1.93. The van der Waals surface area contributed by atoms with Gasteiger partial charge in [-0.1, -0.05) is 25.5 Å². The van der Waals surface area contributed by atoms with E-state index in [1.165, 1.54) is 29.8 Å². The lowest BCUT2D eigenvalue weighted by molar-refractivity contribution is 0.0696. The minimum atomic E-state index is -1.01. The number of benzene rings is 2. The molecule has 108 valence electrons. The molecule has 0 fully saturated rings. The van der Waals surface area contributed by atoms with Gasteiger partial charge in [0.05, 0.1) is 11.1 Å². The maximum Gasteiger partial charge on any atom is 0.343 e. The third-order valence-corrected chi connectivity index (χ3v) is 3.04. The van der Waals surface area contributed by atoms with Gasteiger partial charge in [0.15, 0.2) is 0 Å². The van der Waals surface area contributed by atoms with E-state index in [4.69, 9.17) is 9.84 Å². The molecule has 4 heteroatoms. The van der Waals surface area contributed by atoms with Crippen molar-refractivity contribution in [2.45, 2.75) is 19.8 Å². The van der Waals surface area contributed by atoms with E-state index in [0.29, 0.717) is 11.3 Å². The second-order valence-corrected chi connectivity index (χ2v) is 4.67. The summed E-state index contributed by atoms with van der Waals surface area (Å²) in [5.74, 6) is -1.15. The molecule has 2 aromatic rings. The Morgan fingerprint density at radius 3 is 2.05 bits per heavy atom. The molecule has 4 nitrogen and oxygen atoms in total. The SMILES string of the molecule is CCCc1ccc(C(=O)Oc2ccc(C(=O)O)cc2)cc1. The zero-order valence-electron chi connectivity index (χ0n) is 11.7. The second-order valence-electron chi connectivity index (χ2n) is 4.67. The molecular formula is C17H16O4. The van der Waals surface area contributed by atoms with Gasteiger partial charge in [-0.05, 0) is 48.4 Å². The third-order valence-electron chi connectivity index (χ3n) is 3.04. The molecule has 0 aliphatic heterocycles. The van der Waals surface area contributed by atoms with E-state index in [9.17, 15) is 9.59 Å². The Morgan fingerprint density at radius 1 is 0.952 bits per heavy atom. The molecule has 0 amide bonds. The average Bonchev–Trinajstić information content (AvgIpc) is 2.49. The van der Waals surface area contributed by atoms with Crippen LogP contribution in [-0.2, 0) is 6.42 Å². The first kappa shape index (κ1) is 14.8. The molecule has 0 saturated heterocycles. The standard InChI is InChI=1S/C17H16O4/c1-2-3-12-4-6-14(7-5-12)17(20)21-15-10-8-13(9-11-15)16(18)19/h4-11H,2-3H2,1H3,(H,18,19). The van der Waals surface area contributed by atoms with Crippen LogP contribution in [0.2, 0.25) is 0 Å². The Bertz CT molecular complexity index is 627. The van der Waals surface area contributed by atoms with Crippen LogP contribution in [0.25, 0.3) is 0 Å². The predicted molar refractivity (Wildman–Crippen MR) is 78.8 cm³/mol. The molecule has 2 aromatic carbocycles. The van der Waals surface area contributed by atoms with E-state index in [2.05, 4.69) is 6.92 Å². The number of ether oxygens (including phenoxy) is 1. The van der Waals surface area contributed by atoms with Crippen LogP contribution in [-0.4, -0.2) is 17.0 Å². The summed E-state index contributed by atoms with van der Waals surface area (Å²) in [5, 5.41) is 8.80. The number of esters is 1.